The fourth-order valence-corrected chi connectivity index (χ4v) is 2.31. The second-order valence-electron chi connectivity index (χ2n) is 5.43. The molecule has 0 bridgehead atoms. The van der Waals surface area contributed by atoms with Gasteiger partial charge in [0.15, 0.2) is 0 Å². The molecule has 0 unspecified atom stereocenters. The smallest absolute Gasteiger partial charge is 0.349 e. The van der Waals surface area contributed by atoms with E-state index in [4.69, 9.17) is 9.15 Å². The number of carbonyl (C=O) groups excluding carboxylic acids is 1. The average Bonchev–Trinajstić information content (AvgIpc) is 2.61. The SMILES string of the molecule is CCCOc1ccc2cc(C(=O)Nc3ccccc3F)c(=O)oc2c1. The highest BCUT2D eigenvalue weighted by Gasteiger charge is 2.15. The van der Waals surface area contributed by atoms with Crippen molar-refractivity contribution in [3.63, 3.8) is 0 Å². The number of halogens is 1. The molecule has 25 heavy (non-hydrogen) atoms. The largest absolute Gasteiger partial charge is 0.493 e. The number of carbonyl (C=O) groups is 1. The molecule has 128 valence electrons. The van der Waals surface area contributed by atoms with Crippen LogP contribution in [0.15, 0.2) is 57.7 Å². The van der Waals surface area contributed by atoms with Crippen LogP contribution in [0.5, 0.6) is 5.75 Å². The lowest BCUT2D eigenvalue weighted by Gasteiger charge is -2.07. The lowest BCUT2D eigenvalue weighted by Crippen LogP contribution is -2.21. The number of ether oxygens (including phenoxy) is 1. The summed E-state index contributed by atoms with van der Waals surface area (Å²) in [5, 5.41) is 2.94. The van der Waals surface area contributed by atoms with Crippen molar-refractivity contribution in [3.05, 3.63) is 70.3 Å². The van der Waals surface area contributed by atoms with Crippen LogP contribution >= 0.6 is 0 Å². The first-order chi connectivity index (χ1) is 12.1. The van der Waals surface area contributed by atoms with E-state index in [-0.39, 0.29) is 11.3 Å². The van der Waals surface area contributed by atoms with Crippen molar-refractivity contribution in [2.24, 2.45) is 0 Å². The first kappa shape index (κ1) is 16.7. The van der Waals surface area contributed by atoms with Gasteiger partial charge < -0.3 is 14.5 Å². The van der Waals surface area contributed by atoms with Crippen molar-refractivity contribution in [1.82, 2.24) is 0 Å². The van der Waals surface area contributed by atoms with Gasteiger partial charge in [0.1, 0.15) is 22.7 Å². The summed E-state index contributed by atoms with van der Waals surface area (Å²) in [5.41, 5.74) is -0.677. The highest BCUT2D eigenvalue weighted by molar-refractivity contribution is 6.05. The Kier molecular flexibility index (Phi) is 4.79. The lowest BCUT2D eigenvalue weighted by molar-refractivity contribution is 0.102. The predicted octanol–water partition coefficient (Wildman–Crippen LogP) is 3.97. The van der Waals surface area contributed by atoms with Gasteiger partial charge in [0.25, 0.3) is 5.91 Å². The van der Waals surface area contributed by atoms with E-state index in [0.29, 0.717) is 23.3 Å². The maximum absolute atomic E-state index is 13.6. The van der Waals surface area contributed by atoms with E-state index in [1.54, 1.807) is 24.3 Å². The molecule has 0 saturated heterocycles. The van der Waals surface area contributed by atoms with Gasteiger partial charge in [-0.2, -0.15) is 0 Å². The maximum atomic E-state index is 13.6. The van der Waals surface area contributed by atoms with Crippen molar-refractivity contribution in [2.75, 3.05) is 11.9 Å². The number of anilines is 1. The number of nitrogens with one attached hydrogen (secondary N) is 1. The van der Waals surface area contributed by atoms with E-state index in [9.17, 15) is 14.0 Å². The van der Waals surface area contributed by atoms with E-state index >= 15 is 0 Å². The van der Waals surface area contributed by atoms with Gasteiger partial charge in [0.2, 0.25) is 0 Å². The number of hydrogen-bond donors (Lipinski definition) is 1. The molecule has 3 rings (SSSR count). The van der Waals surface area contributed by atoms with E-state index in [1.807, 2.05) is 6.92 Å². The summed E-state index contributed by atoms with van der Waals surface area (Å²) in [4.78, 5) is 24.4. The van der Waals surface area contributed by atoms with Crippen LogP contribution in [-0.2, 0) is 0 Å². The molecular formula is C19H16FNO4. The molecule has 0 fully saturated rings. The first-order valence-corrected chi connectivity index (χ1v) is 7.85. The zero-order valence-corrected chi connectivity index (χ0v) is 13.5. The van der Waals surface area contributed by atoms with E-state index < -0.39 is 17.3 Å². The second kappa shape index (κ2) is 7.17. The molecule has 2 aromatic carbocycles. The molecule has 0 atom stereocenters. The third kappa shape index (κ3) is 3.68. The number of para-hydroxylation sites is 1. The molecule has 0 spiro atoms. The van der Waals surface area contributed by atoms with Gasteiger partial charge in [0.05, 0.1) is 12.3 Å². The molecule has 0 saturated carbocycles. The van der Waals surface area contributed by atoms with Crippen molar-refractivity contribution < 1.29 is 18.3 Å². The van der Waals surface area contributed by atoms with E-state index in [2.05, 4.69) is 5.32 Å². The Morgan fingerprint density at radius 3 is 2.76 bits per heavy atom. The van der Waals surface area contributed by atoms with Gasteiger partial charge in [-0.3, -0.25) is 4.79 Å². The average molecular weight is 341 g/mol. The van der Waals surface area contributed by atoms with Gasteiger partial charge in [-0.1, -0.05) is 19.1 Å². The fourth-order valence-electron chi connectivity index (χ4n) is 2.31. The molecule has 6 heteroatoms. The zero-order valence-electron chi connectivity index (χ0n) is 13.5. The van der Waals surface area contributed by atoms with Crippen LogP contribution < -0.4 is 15.7 Å². The Morgan fingerprint density at radius 2 is 2.00 bits per heavy atom. The van der Waals surface area contributed by atoms with E-state index in [1.165, 1.54) is 24.3 Å². The monoisotopic (exact) mass is 341 g/mol. The van der Waals surface area contributed by atoms with Crippen LogP contribution in [0.4, 0.5) is 10.1 Å². The molecule has 5 nitrogen and oxygen atoms in total. The second-order valence-corrected chi connectivity index (χ2v) is 5.43. The Hall–Kier alpha value is -3.15. The van der Waals surface area contributed by atoms with Gasteiger partial charge >= 0.3 is 5.63 Å². The fraction of sp³-hybridized carbons (Fsp3) is 0.158. The van der Waals surface area contributed by atoms with Crippen molar-refractivity contribution >= 4 is 22.6 Å². The molecule has 3 aromatic rings. The number of benzene rings is 2. The highest BCUT2D eigenvalue weighted by atomic mass is 19.1. The third-order valence-electron chi connectivity index (χ3n) is 3.55. The Balaban J connectivity index is 1.91. The first-order valence-electron chi connectivity index (χ1n) is 7.85. The van der Waals surface area contributed by atoms with Gasteiger partial charge in [-0.15, -0.1) is 0 Å². The molecule has 1 N–H and O–H groups in total. The quantitative estimate of drug-likeness (QED) is 0.713. The summed E-state index contributed by atoms with van der Waals surface area (Å²) in [7, 11) is 0. The standard InChI is InChI=1S/C19H16FNO4/c1-2-9-24-13-8-7-12-10-14(19(23)25-17(12)11-13)18(22)21-16-6-4-3-5-15(16)20/h3-8,10-11H,2,9H2,1H3,(H,21,22). The van der Waals surface area contributed by atoms with Crippen LogP contribution in [-0.4, -0.2) is 12.5 Å². The molecule has 0 radical (unpaired) electrons. The summed E-state index contributed by atoms with van der Waals surface area (Å²) in [6.07, 6.45) is 0.858. The van der Waals surface area contributed by atoms with Gasteiger partial charge in [-0.25, -0.2) is 9.18 Å². The maximum Gasteiger partial charge on any atom is 0.349 e. The molecule has 1 aromatic heterocycles. The van der Waals surface area contributed by atoms with Crippen molar-refractivity contribution in [3.8, 4) is 5.75 Å². The van der Waals surface area contributed by atoms with E-state index in [0.717, 1.165) is 6.42 Å². The zero-order chi connectivity index (χ0) is 17.8. The lowest BCUT2D eigenvalue weighted by atomic mass is 10.1. The summed E-state index contributed by atoms with van der Waals surface area (Å²) in [6, 6.07) is 12.2. The normalized spacial score (nSPS) is 10.6. The molecular weight excluding hydrogens is 325 g/mol. The highest BCUT2D eigenvalue weighted by Crippen LogP contribution is 2.21. The van der Waals surface area contributed by atoms with Crippen LogP contribution in [0.1, 0.15) is 23.7 Å². The number of hydrogen-bond acceptors (Lipinski definition) is 4. The summed E-state index contributed by atoms with van der Waals surface area (Å²) in [6.45, 7) is 2.54. The van der Waals surface area contributed by atoms with Crippen molar-refractivity contribution in [2.45, 2.75) is 13.3 Å². The summed E-state index contributed by atoms with van der Waals surface area (Å²) in [5.74, 6) is -0.730. The topological polar surface area (TPSA) is 68.5 Å². The minimum Gasteiger partial charge on any atom is -0.493 e. The molecule has 0 aliphatic heterocycles. The minimum atomic E-state index is -0.797. The summed E-state index contributed by atoms with van der Waals surface area (Å²) >= 11 is 0. The van der Waals surface area contributed by atoms with Crippen LogP contribution in [0.3, 0.4) is 0 Å². The van der Waals surface area contributed by atoms with Crippen LogP contribution in [0.25, 0.3) is 11.0 Å². The Bertz CT molecular complexity index is 981. The Morgan fingerprint density at radius 1 is 1.20 bits per heavy atom. The number of fused-ring (bicyclic) bond motifs is 1. The third-order valence-corrected chi connectivity index (χ3v) is 3.55. The Labute approximate surface area is 143 Å². The predicted molar refractivity (Wildman–Crippen MR) is 92.6 cm³/mol. The van der Waals surface area contributed by atoms with Gasteiger partial charge in [0, 0.05) is 11.5 Å². The van der Waals surface area contributed by atoms with Crippen LogP contribution in [0.2, 0.25) is 0 Å². The van der Waals surface area contributed by atoms with Crippen molar-refractivity contribution in [1.29, 1.82) is 0 Å². The molecule has 0 aliphatic carbocycles. The number of amides is 1. The number of rotatable bonds is 5. The minimum absolute atomic E-state index is 0.00434. The molecule has 1 heterocycles. The molecule has 1 amide bonds. The molecule has 0 aliphatic rings. The van der Waals surface area contributed by atoms with Crippen LogP contribution in [0, 0.1) is 5.82 Å². The van der Waals surface area contributed by atoms with Gasteiger partial charge in [-0.05, 0) is 36.8 Å². The summed E-state index contributed by atoms with van der Waals surface area (Å²) < 4.78 is 24.3.